The highest BCUT2D eigenvalue weighted by molar-refractivity contribution is 7.12. The smallest absolute Gasteiger partial charge is 0.264 e. The Hall–Kier alpha value is -0.870. The van der Waals surface area contributed by atoms with Crippen LogP contribution in [0.2, 0.25) is 0 Å². The van der Waals surface area contributed by atoms with Gasteiger partial charge in [0.15, 0.2) is 0 Å². The molecule has 3 nitrogen and oxygen atoms in total. The monoisotopic (exact) mass is 211 g/mol. The van der Waals surface area contributed by atoms with Crippen LogP contribution in [-0.4, -0.2) is 35.6 Å². The van der Waals surface area contributed by atoms with Crippen LogP contribution in [-0.2, 0) is 0 Å². The van der Waals surface area contributed by atoms with Gasteiger partial charge < -0.3 is 10.0 Å². The first-order chi connectivity index (χ1) is 6.72. The van der Waals surface area contributed by atoms with Crippen LogP contribution in [0, 0.1) is 12.8 Å². The minimum atomic E-state index is 0.113. The second-order valence-corrected chi connectivity index (χ2v) is 4.61. The van der Waals surface area contributed by atoms with Crippen molar-refractivity contribution in [3.05, 3.63) is 21.9 Å². The van der Waals surface area contributed by atoms with Crippen molar-refractivity contribution in [1.29, 1.82) is 0 Å². The number of carbonyl (C=O) groups excluding carboxylic acids is 1. The van der Waals surface area contributed by atoms with Crippen molar-refractivity contribution >= 4 is 17.2 Å². The highest BCUT2D eigenvalue weighted by Crippen LogP contribution is 2.23. The van der Waals surface area contributed by atoms with Crippen LogP contribution in [0.1, 0.15) is 15.2 Å². The molecule has 1 aromatic heterocycles. The fourth-order valence-corrected chi connectivity index (χ4v) is 2.48. The third kappa shape index (κ3) is 1.55. The van der Waals surface area contributed by atoms with Gasteiger partial charge in [-0.15, -0.1) is 11.3 Å². The van der Waals surface area contributed by atoms with Gasteiger partial charge in [-0.25, -0.2) is 0 Å². The average Bonchev–Trinajstić information content (AvgIpc) is 2.49. The topological polar surface area (TPSA) is 40.5 Å². The summed E-state index contributed by atoms with van der Waals surface area (Å²) in [4.78, 5) is 14.5. The number of hydrogen-bond acceptors (Lipinski definition) is 3. The Balaban J connectivity index is 2.01. The molecule has 2 heterocycles. The lowest BCUT2D eigenvalue weighted by Gasteiger charge is -2.38. The SMILES string of the molecule is Cc1ccsc1C(=O)N1CC(CO)C1. The van der Waals surface area contributed by atoms with Crippen LogP contribution < -0.4 is 0 Å². The third-order valence-electron chi connectivity index (χ3n) is 2.56. The molecular weight excluding hydrogens is 198 g/mol. The summed E-state index contributed by atoms with van der Waals surface area (Å²) in [6.07, 6.45) is 0. The van der Waals surface area contributed by atoms with E-state index in [-0.39, 0.29) is 12.5 Å². The Morgan fingerprint density at radius 1 is 1.71 bits per heavy atom. The van der Waals surface area contributed by atoms with E-state index >= 15 is 0 Å². The number of carbonyl (C=O) groups is 1. The molecule has 1 aromatic rings. The zero-order valence-corrected chi connectivity index (χ0v) is 8.88. The molecule has 14 heavy (non-hydrogen) atoms. The van der Waals surface area contributed by atoms with Gasteiger partial charge in [-0.2, -0.15) is 0 Å². The Morgan fingerprint density at radius 3 is 2.93 bits per heavy atom. The zero-order valence-electron chi connectivity index (χ0n) is 8.06. The first kappa shape index (κ1) is 9.68. The molecule has 0 radical (unpaired) electrons. The van der Waals surface area contributed by atoms with Gasteiger partial charge in [0.05, 0.1) is 4.88 Å². The molecular formula is C10H13NO2S. The molecule has 2 rings (SSSR count). The maximum atomic E-state index is 11.8. The minimum absolute atomic E-state index is 0.113. The highest BCUT2D eigenvalue weighted by Gasteiger charge is 2.31. The summed E-state index contributed by atoms with van der Waals surface area (Å²) in [5, 5.41) is 10.8. The molecule has 0 atom stereocenters. The van der Waals surface area contributed by atoms with Crippen molar-refractivity contribution < 1.29 is 9.90 Å². The Labute approximate surface area is 87.0 Å². The fraction of sp³-hybridized carbons (Fsp3) is 0.500. The summed E-state index contributed by atoms with van der Waals surface area (Å²) in [7, 11) is 0. The number of aliphatic hydroxyl groups is 1. The van der Waals surface area contributed by atoms with E-state index in [0.29, 0.717) is 19.0 Å². The number of amides is 1. The Kier molecular flexibility index (Phi) is 2.56. The van der Waals surface area contributed by atoms with Crippen LogP contribution in [0.4, 0.5) is 0 Å². The number of likely N-dealkylation sites (tertiary alicyclic amines) is 1. The molecule has 1 aliphatic rings. The summed E-state index contributed by atoms with van der Waals surface area (Å²) in [6, 6.07) is 1.96. The van der Waals surface area contributed by atoms with E-state index in [1.807, 2.05) is 18.4 Å². The van der Waals surface area contributed by atoms with Crippen molar-refractivity contribution in [2.45, 2.75) is 6.92 Å². The van der Waals surface area contributed by atoms with Gasteiger partial charge in [-0.3, -0.25) is 4.79 Å². The number of thiophene rings is 1. The summed E-state index contributed by atoms with van der Waals surface area (Å²) in [6.45, 7) is 3.54. The van der Waals surface area contributed by atoms with Gasteiger partial charge in [0.1, 0.15) is 0 Å². The summed E-state index contributed by atoms with van der Waals surface area (Å²) >= 11 is 1.49. The van der Waals surface area contributed by atoms with Crippen molar-refractivity contribution in [3.63, 3.8) is 0 Å². The van der Waals surface area contributed by atoms with Crippen LogP contribution in [0.5, 0.6) is 0 Å². The van der Waals surface area contributed by atoms with E-state index in [1.54, 1.807) is 4.90 Å². The van der Waals surface area contributed by atoms with E-state index in [1.165, 1.54) is 11.3 Å². The normalized spacial score (nSPS) is 16.9. The standard InChI is InChI=1S/C10H13NO2S/c1-7-2-3-14-9(7)10(13)11-4-8(5-11)6-12/h2-3,8,12H,4-6H2,1H3. The molecule has 0 saturated carbocycles. The van der Waals surface area contributed by atoms with Gasteiger partial charge in [0.2, 0.25) is 0 Å². The molecule has 0 bridgehead atoms. The molecule has 1 amide bonds. The minimum Gasteiger partial charge on any atom is -0.396 e. The van der Waals surface area contributed by atoms with Crippen LogP contribution in [0.3, 0.4) is 0 Å². The molecule has 1 aliphatic heterocycles. The number of rotatable bonds is 2. The first-order valence-electron chi connectivity index (χ1n) is 4.66. The predicted molar refractivity (Wildman–Crippen MR) is 55.5 cm³/mol. The molecule has 76 valence electrons. The van der Waals surface area contributed by atoms with E-state index in [4.69, 9.17) is 5.11 Å². The summed E-state index contributed by atoms with van der Waals surface area (Å²) < 4.78 is 0. The molecule has 4 heteroatoms. The van der Waals surface area contributed by atoms with Gasteiger partial charge in [-0.1, -0.05) is 0 Å². The maximum Gasteiger partial charge on any atom is 0.264 e. The second-order valence-electron chi connectivity index (χ2n) is 3.69. The number of aliphatic hydroxyl groups excluding tert-OH is 1. The van der Waals surface area contributed by atoms with Crippen LogP contribution >= 0.6 is 11.3 Å². The molecule has 1 N–H and O–H groups in total. The van der Waals surface area contributed by atoms with Crippen molar-refractivity contribution in [2.24, 2.45) is 5.92 Å². The van der Waals surface area contributed by atoms with Crippen LogP contribution in [0.25, 0.3) is 0 Å². The maximum absolute atomic E-state index is 11.8. The predicted octanol–water partition coefficient (Wildman–Crippen LogP) is 1.12. The largest absolute Gasteiger partial charge is 0.396 e. The van der Waals surface area contributed by atoms with Gasteiger partial charge >= 0.3 is 0 Å². The van der Waals surface area contributed by atoms with Gasteiger partial charge in [0, 0.05) is 25.6 Å². The van der Waals surface area contributed by atoms with Gasteiger partial charge in [0.25, 0.3) is 5.91 Å². The van der Waals surface area contributed by atoms with Crippen LogP contribution in [0.15, 0.2) is 11.4 Å². The van der Waals surface area contributed by atoms with Gasteiger partial charge in [-0.05, 0) is 23.9 Å². The molecule has 1 fully saturated rings. The second kappa shape index (κ2) is 3.71. The number of nitrogens with zero attached hydrogens (tertiary/aromatic N) is 1. The van der Waals surface area contributed by atoms with E-state index in [9.17, 15) is 4.79 Å². The average molecular weight is 211 g/mol. The van der Waals surface area contributed by atoms with Crippen molar-refractivity contribution in [1.82, 2.24) is 4.90 Å². The molecule has 0 aromatic carbocycles. The lowest BCUT2D eigenvalue weighted by atomic mass is 10.0. The van der Waals surface area contributed by atoms with E-state index < -0.39 is 0 Å². The molecule has 0 spiro atoms. The first-order valence-corrected chi connectivity index (χ1v) is 5.54. The van der Waals surface area contributed by atoms with E-state index in [2.05, 4.69) is 0 Å². The lowest BCUT2D eigenvalue weighted by Crippen LogP contribution is -2.51. The van der Waals surface area contributed by atoms with E-state index in [0.717, 1.165) is 10.4 Å². The Bertz CT molecular complexity index is 342. The highest BCUT2D eigenvalue weighted by atomic mass is 32.1. The summed E-state index contributed by atoms with van der Waals surface area (Å²) in [5.41, 5.74) is 1.05. The Morgan fingerprint density at radius 2 is 2.43 bits per heavy atom. The van der Waals surface area contributed by atoms with Crippen molar-refractivity contribution in [2.75, 3.05) is 19.7 Å². The molecule has 0 aliphatic carbocycles. The number of hydrogen-bond donors (Lipinski definition) is 1. The molecule has 1 saturated heterocycles. The number of aryl methyl sites for hydroxylation is 1. The molecule has 0 unspecified atom stereocenters. The quantitative estimate of drug-likeness (QED) is 0.796. The van der Waals surface area contributed by atoms with Crippen molar-refractivity contribution in [3.8, 4) is 0 Å². The zero-order chi connectivity index (χ0) is 10.1. The third-order valence-corrected chi connectivity index (χ3v) is 3.56. The fourth-order valence-electron chi connectivity index (χ4n) is 1.59. The lowest BCUT2D eigenvalue weighted by molar-refractivity contribution is 0.0366. The summed E-state index contributed by atoms with van der Waals surface area (Å²) in [5.74, 6) is 0.404.